The molecule has 0 fully saturated rings. The lowest BCUT2D eigenvalue weighted by Gasteiger charge is -1.79. The summed E-state index contributed by atoms with van der Waals surface area (Å²) in [6.45, 7) is 18.5. The Morgan fingerprint density at radius 3 is 0.462 bits per heavy atom. The quantitative estimate of drug-likeness (QED) is 0.407. The van der Waals surface area contributed by atoms with E-state index < -0.39 is 0 Å². The second-order valence-electron chi connectivity index (χ2n) is 1.73. The van der Waals surface area contributed by atoms with E-state index >= 15 is 0 Å². The zero-order chi connectivity index (χ0) is 9.58. The lowest BCUT2D eigenvalue weighted by molar-refractivity contribution is 0.737. The molecule has 0 radical (unpaired) electrons. The van der Waals surface area contributed by atoms with E-state index in [0.717, 1.165) is 5.92 Å². The SMILES string of the molecule is C.C.C.CC.CC.CC.CC(C)C. The Hall–Kier alpha value is 0. The zero-order valence-electron chi connectivity index (χ0n) is 9.58. The van der Waals surface area contributed by atoms with Crippen LogP contribution < -0.4 is 0 Å². The predicted octanol–water partition coefficient (Wildman–Crippen LogP) is 6.65. The zero-order valence-corrected chi connectivity index (χ0v) is 9.58. The molecule has 0 heterocycles. The Morgan fingerprint density at radius 1 is 0.462 bits per heavy atom. The molecule has 0 heteroatoms. The molecule has 0 aliphatic heterocycles. The van der Waals surface area contributed by atoms with E-state index in [0.29, 0.717) is 0 Å². The van der Waals surface area contributed by atoms with Crippen LogP contribution in [0.4, 0.5) is 0 Å². The largest absolute Gasteiger partial charge is 0.0776 e. The molecule has 92 valence electrons. The van der Waals surface area contributed by atoms with Crippen molar-refractivity contribution in [1.82, 2.24) is 0 Å². The van der Waals surface area contributed by atoms with E-state index in [1.165, 1.54) is 0 Å². The van der Waals surface area contributed by atoms with Crippen LogP contribution in [0.15, 0.2) is 0 Å². The summed E-state index contributed by atoms with van der Waals surface area (Å²) in [5.74, 6) is 0.833. The molecule has 0 aromatic rings. The third-order valence-corrected chi connectivity index (χ3v) is 0. The van der Waals surface area contributed by atoms with Crippen molar-refractivity contribution in [3.05, 3.63) is 0 Å². The highest BCUT2D eigenvalue weighted by Crippen LogP contribution is 1.81. The molecule has 0 spiro atoms. The second-order valence-corrected chi connectivity index (χ2v) is 1.73. The van der Waals surface area contributed by atoms with Crippen LogP contribution in [-0.4, -0.2) is 0 Å². The summed E-state index contributed by atoms with van der Waals surface area (Å²) in [5, 5.41) is 0. The molecule has 0 aliphatic carbocycles. The lowest BCUT2D eigenvalue weighted by Crippen LogP contribution is -1.66. The summed E-state index contributed by atoms with van der Waals surface area (Å²) >= 11 is 0. The first-order valence-corrected chi connectivity index (χ1v) is 4.73. The third kappa shape index (κ3) is 0. The fourth-order valence-corrected chi connectivity index (χ4v) is 0. The molecule has 0 nitrogen and oxygen atoms in total. The minimum atomic E-state index is 0. The average Bonchev–Trinajstić information content (AvgIpc) is 1.98. The fourth-order valence-electron chi connectivity index (χ4n) is 0. The Bertz CT molecular complexity index is 4.75. The molecule has 0 bridgehead atoms. The molecule has 0 saturated carbocycles. The molecule has 0 aliphatic rings. The van der Waals surface area contributed by atoms with Gasteiger partial charge in [0.1, 0.15) is 0 Å². The van der Waals surface area contributed by atoms with Gasteiger partial charge in [-0.05, 0) is 5.92 Å². The monoisotopic (exact) mass is 196 g/mol. The first-order chi connectivity index (χ1) is 4.73. The predicted molar refractivity (Wildman–Crippen MR) is 74.7 cm³/mol. The highest BCUT2D eigenvalue weighted by molar-refractivity contribution is 4.20. The molecule has 0 atom stereocenters. The van der Waals surface area contributed by atoms with E-state index in [9.17, 15) is 0 Å². The summed E-state index contributed by atoms with van der Waals surface area (Å²) in [6, 6.07) is 0. The maximum Gasteiger partial charge on any atom is -0.0500 e. The first-order valence-electron chi connectivity index (χ1n) is 4.73. The minimum Gasteiger partial charge on any atom is -0.0776 e. The van der Waals surface area contributed by atoms with Gasteiger partial charge in [-0.2, -0.15) is 0 Å². The van der Waals surface area contributed by atoms with Crippen LogP contribution in [0.1, 0.15) is 84.6 Å². The van der Waals surface area contributed by atoms with Crippen molar-refractivity contribution in [3.8, 4) is 0 Å². The summed E-state index contributed by atoms with van der Waals surface area (Å²) in [4.78, 5) is 0. The van der Waals surface area contributed by atoms with Gasteiger partial charge in [0.2, 0.25) is 0 Å². The highest BCUT2D eigenvalue weighted by Gasteiger charge is 1.68. The van der Waals surface area contributed by atoms with E-state index in [1.54, 1.807) is 0 Å². The van der Waals surface area contributed by atoms with Gasteiger partial charge < -0.3 is 0 Å². The van der Waals surface area contributed by atoms with Gasteiger partial charge in [-0.25, -0.2) is 0 Å². The van der Waals surface area contributed by atoms with Gasteiger partial charge >= 0.3 is 0 Å². The topological polar surface area (TPSA) is 0 Å². The van der Waals surface area contributed by atoms with Crippen molar-refractivity contribution in [3.63, 3.8) is 0 Å². The molecule has 0 saturated heterocycles. The van der Waals surface area contributed by atoms with E-state index in [4.69, 9.17) is 0 Å². The number of hydrogen-bond acceptors (Lipinski definition) is 0. The van der Waals surface area contributed by atoms with Crippen molar-refractivity contribution < 1.29 is 0 Å². The summed E-state index contributed by atoms with van der Waals surface area (Å²) < 4.78 is 0. The van der Waals surface area contributed by atoms with Gasteiger partial charge in [-0.3, -0.25) is 0 Å². The van der Waals surface area contributed by atoms with Gasteiger partial charge in [0.05, 0.1) is 0 Å². The van der Waals surface area contributed by atoms with Crippen LogP contribution in [0.3, 0.4) is 0 Å². The molecular weight excluding hydrogens is 156 g/mol. The van der Waals surface area contributed by atoms with Crippen LogP contribution in [0.2, 0.25) is 0 Å². The summed E-state index contributed by atoms with van der Waals surface area (Å²) in [7, 11) is 0. The fraction of sp³-hybridized carbons (Fsp3) is 1.00. The first kappa shape index (κ1) is 52.0. The third-order valence-electron chi connectivity index (χ3n) is 0. The van der Waals surface area contributed by atoms with Crippen molar-refractivity contribution >= 4 is 0 Å². The lowest BCUT2D eigenvalue weighted by atomic mass is 10.3. The Kier molecular flexibility index (Phi) is 645. The van der Waals surface area contributed by atoms with Crippen molar-refractivity contribution in [1.29, 1.82) is 0 Å². The smallest absolute Gasteiger partial charge is 0.0500 e. The van der Waals surface area contributed by atoms with Gasteiger partial charge in [0, 0.05) is 0 Å². The van der Waals surface area contributed by atoms with E-state index in [-0.39, 0.29) is 22.3 Å². The van der Waals surface area contributed by atoms with E-state index in [2.05, 4.69) is 20.8 Å². The maximum atomic E-state index is 2.17. The summed E-state index contributed by atoms with van der Waals surface area (Å²) in [5.41, 5.74) is 0. The average molecular weight is 196 g/mol. The molecule has 0 aromatic carbocycles. The molecule has 0 rings (SSSR count). The molecule has 0 aromatic heterocycles. The van der Waals surface area contributed by atoms with Crippen molar-refractivity contribution in [2.45, 2.75) is 84.6 Å². The standard InChI is InChI=1S/C4H10.3C2H6.3CH4/c1-4(2)3;3*1-2;;;/h4H,1-3H3;3*1-2H3;3*1H4. The molecular formula is C13H40. The van der Waals surface area contributed by atoms with Gasteiger partial charge in [-0.1, -0.05) is 84.6 Å². The van der Waals surface area contributed by atoms with Crippen LogP contribution in [0.5, 0.6) is 0 Å². The molecule has 0 unspecified atom stereocenters. The van der Waals surface area contributed by atoms with Crippen molar-refractivity contribution in [2.75, 3.05) is 0 Å². The van der Waals surface area contributed by atoms with Crippen LogP contribution in [0, 0.1) is 5.92 Å². The van der Waals surface area contributed by atoms with Crippen LogP contribution >= 0.6 is 0 Å². The van der Waals surface area contributed by atoms with Gasteiger partial charge in [-0.15, -0.1) is 0 Å². The maximum absolute atomic E-state index is 2.17. The Morgan fingerprint density at radius 2 is 0.462 bits per heavy atom. The van der Waals surface area contributed by atoms with Gasteiger partial charge in [0.25, 0.3) is 0 Å². The second kappa shape index (κ2) is 161. The van der Waals surface area contributed by atoms with E-state index in [1.807, 2.05) is 41.5 Å². The van der Waals surface area contributed by atoms with Crippen LogP contribution in [-0.2, 0) is 0 Å². The molecule has 0 N–H and O–H groups in total. The summed E-state index contributed by atoms with van der Waals surface area (Å²) in [6.07, 6.45) is 0. The minimum absolute atomic E-state index is 0. The molecule has 13 heavy (non-hydrogen) atoms. The highest BCUT2D eigenvalue weighted by atomic mass is 13.7. The van der Waals surface area contributed by atoms with Crippen LogP contribution in [0.25, 0.3) is 0 Å². The Labute approximate surface area is 91.2 Å². The normalized spacial score (nSPS) is 4.15. The number of hydrogen-bond donors (Lipinski definition) is 0. The molecule has 0 amide bonds. The Balaban J connectivity index is -0.00000000727. The number of rotatable bonds is 0. The van der Waals surface area contributed by atoms with Crippen molar-refractivity contribution in [2.24, 2.45) is 5.92 Å². The van der Waals surface area contributed by atoms with Gasteiger partial charge in [0.15, 0.2) is 0 Å².